The summed E-state index contributed by atoms with van der Waals surface area (Å²) in [5, 5.41) is 0. The lowest BCUT2D eigenvalue weighted by Gasteiger charge is -2.29. The quantitative estimate of drug-likeness (QED) is 0.565. The molecule has 2 saturated heterocycles. The zero-order valence-electron chi connectivity index (χ0n) is 20.9. The topological polar surface area (TPSA) is 123 Å². The minimum Gasteiger partial charge on any atom is -0.378 e. The van der Waals surface area contributed by atoms with Gasteiger partial charge < -0.3 is 29.9 Å². The molecule has 6 rings (SSSR count). The summed E-state index contributed by atoms with van der Waals surface area (Å²) < 4.78 is 11.0. The van der Waals surface area contributed by atoms with Gasteiger partial charge in [0.05, 0.1) is 32.1 Å². The van der Waals surface area contributed by atoms with Crippen molar-refractivity contribution >= 4 is 29.3 Å². The number of nitrogens with two attached hydrogens (primary N) is 1. The number of aryl methyl sites for hydroxylation is 1. The largest absolute Gasteiger partial charge is 0.378 e. The van der Waals surface area contributed by atoms with Gasteiger partial charge in [-0.05, 0) is 31.0 Å². The Hall–Kier alpha value is -3.83. The van der Waals surface area contributed by atoms with Crippen LogP contribution in [0.4, 0.5) is 23.4 Å². The Morgan fingerprint density at radius 1 is 0.946 bits per heavy atom. The summed E-state index contributed by atoms with van der Waals surface area (Å²) in [4.78, 5) is 37.9. The lowest BCUT2D eigenvalue weighted by atomic mass is 10.1. The Balaban J connectivity index is 1.42. The fourth-order valence-electron chi connectivity index (χ4n) is 5.06. The molecule has 37 heavy (non-hydrogen) atoms. The van der Waals surface area contributed by atoms with Crippen LogP contribution in [-0.4, -0.2) is 89.9 Å². The lowest BCUT2D eigenvalue weighted by molar-refractivity contribution is 0.0303. The highest BCUT2D eigenvalue weighted by molar-refractivity contribution is 5.96. The fraction of sp³-hybridized carbons (Fsp3) is 0.423. The second kappa shape index (κ2) is 9.91. The van der Waals surface area contributed by atoms with Gasteiger partial charge in [-0.1, -0.05) is 6.07 Å². The van der Waals surface area contributed by atoms with E-state index < -0.39 is 0 Å². The number of hydrogen-bond donors (Lipinski definition) is 1. The summed E-state index contributed by atoms with van der Waals surface area (Å²) in [7, 11) is 0. The van der Waals surface area contributed by atoms with Crippen molar-refractivity contribution in [1.29, 1.82) is 0 Å². The number of carbonyl (C=O) groups is 1. The number of carbonyl (C=O) groups excluding carboxylic acids is 1. The van der Waals surface area contributed by atoms with Crippen LogP contribution in [0.3, 0.4) is 0 Å². The van der Waals surface area contributed by atoms with Gasteiger partial charge in [-0.2, -0.15) is 4.98 Å². The van der Waals surface area contributed by atoms with Crippen LogP contribution in [0.5, 0.6) is 0 Å². The second-order valence-corrected chi connectivity index (χ2v) is 9.41. The molecule has 3 aromatic rings. The van der Waals surface area contributed by atoms with E-state index in [1.807, 2.05) is 23.1 Å². The van der Waals surface area contributed by atoms with Gasteiger partial charge >= 0.3 is 0 Å². The van der Waals surface area contributed by atoms with E-state index in [0.29, 0.717) is 51.0 Å². The molecule has 0 bridgehead atoms. The molecule has 0 atom stereocenters. The average Bonchev–Trinajstić information content (AvgIpc) is 3.38. The monoisotopic (exact) mass is 502 g/mol. The first kappa shape index (κ1) is 23.6. The molecule has 1 amide bonds. The molecule has 2 aromatic heterocycles. The maximum atomic E-state index is 13.2. The van der Waals surface area contributed by atoms with Crippen LogP contribution in [-0.2, 0) is 15.9 Å². The van der Waals surface area contributed by atoms with Crippen molar-refractivity contribution in [2.45, 2.75) is 13.3 Å². The molecule has 3 aliphatic heterocycles. The predicted octanol–water partition coefficient (Wildman–Crippen LogP) is 1.83. The zero-order valence-corrected chi connectivity index (χ0v) is 20.9. The molecule has 192 valence electrons. The molecule has 1 aromatic carbocycles. The first-order chi connectivity index (χ1) is 18.1. The van der Waals surface area contributed by atoms with Gasteiger partial charge in [-0.3, -0.25) is 4.79 Å². The number of amides is 1. The van der Waals surface area contributed by atoms with E-state index in [2.05, 4.69) is 26.7 Å². The van der Waals surface area contributed by atoms with Crippen molar-refractivity contribution in [2.24, 2.45) is 0 Å². The summed E-state index contributed by atoms with van der Waals surface area (Å²) in [6, 6.07) is 5.91. The van der Waals surface area contributed by atoms with Crippen molar-refractivity contribution in [2.75, 3.05) is 74.7 Å². The summed E-state index contributed by atoms with van der Waals surface area (Å²) in [5.74, 6) is 1.75. The third-order valence-electron chi connectivity index (χ3n) is 7.10. The maximum Gasteiger partial charge on any atom is 0.254 e. The van der Waals surface area contributed by atoms with Crippen molar-refractivity contribution in [3.05, 3.63) is 47.3 Å². The van der Waals surface area contributed by atoms with Gasteiger partial charge in [0.2, 0.25) is 11.9 Å². The van der Waals surface area contributed by atoms with Crippen LogP contribution in [0.1, 0.15) is 21.5 Å². The Bertz CT molecular complexity index is 1300. The summed E-state index contributed by atoms with van der Waals surface area (Å²) in [5.41, 5.74) is 11.1. The highest BCUT2D eigenvalue weighted by Crippen LogP contribution is 2.40. The minimum atomic E-state index is 0.0281. The summed E-state index contributed by atoms with van der Waals surface area (Å²) >= 11 is 0. The molecule has 2 fully saturated rings. The van der Waals surface area contributed by atoms with E-state index in [1.54, 1.807) is 12.4 Å². The summed E-state index contributed by atoms with van der Waals surface area (Å²) in [6.45, 7) is 7.87. The summed E-state index contributed by atoms with van der Waals surface area (Å²) in [6.07, 6.45) is 4.19. The highest BCUT2D eigenvalue weighted by Gasteiger charge is 2.31. The Kier molecular flexibility index (Phi) is 6.31. The molecule has 0 spiro atoms. The number of aromatic nitrogens is 4. The van der Waals surface area contributed by atoms with E-state index in [1.165, 1.54) is 0 Å². The second-order valence-electron chi connectivity index (χ2n) is 9.41. The van der Waals surface area contributed by atoms with Crippen molar-refractivity contribution in [1.82, 2.24) is 24.8 Å². The SMILES string of the molecule is Cc1ccc(C(=O)N2CCOCC2)cc1N1CCc2c(-c3cnc(N)nc3)nc(N3CCOCC3)nc21. The van der Waals surface area contributed by atoms with Gasteiger partial charge in [0.15, 0.2) is 0 Å². The van der Waals surface area contributed by atoms with Gasteiger partial charge in [0.1, 0.15) is 5.82 Å². The number of benzene rings is 1. The first-order valence-electron chi connectivity index (χ1n) is 12.7. The molecular formula is C26H30N8O3. The highest BCUT2D eigenvalue weighted by atomic mass is 16.5. The molecule has 11 heteroatoms. The molecule has 0 saturated carbocycles. The Morgan fingerprint density at radius 2 is 1.65 bits per heavy atom. The number of hydrogen-bond acceptors (Lipinski definition) is 10. The van der Waals surface area contributed by atoms with Gasteiger partial charge in [0.25, 0.3) is 5.91 Å². The van der Waals surface area contributed by atoms with Crippen LogP contribution in [0.15, 0.2) is 30.6 Å². The van der Waals surface area contributed by atoms with Crippen LogP contribution >= 0.6 is 0 Å². The number of nitrogen functional groups attached to an aromatic ring is 1. The number of ether oxygens (including phenoxy) is 2. The predicted molar refractivity (Wildman–Crippen MR) is 139 cm³/mol. The third kappa shape index (κ3) is 4.56. The van der Waals surface area contributed by atoms with Gasteiger partial charge in [-0.15, -0.1) is 0 Å². The maximum absolute atomic E-state index is 13.2. The molecule has 11 nitrogen and oxygen atoms in total. The molecular weight excluding hydrogens is 472 g/mol. The van der Waals surface area contributed by atoms with Crippen molar-refractivity contribution in [3.63, 3.8) is 0 Å². The normalized spacial score (nSPS) is 17.7. The van der Waals surface area contributed by atoms with E-state index in [9.17, 15) is 4.79 Å². The number of morpholine rings is 2. The smallest absolute Gasteiger partial charge is 0.254 e. The number of fused-ring (bicyclic) bond motifs is 1. The Labute approximate surface area is 215 Å². The number of nitrogens with zero attached hydrogens (tertiary/aromatic N) is 7. The zero-order chi connectivity index (χ0) is 25.4. The molecule has 3 aliphatic rings. The van der Waals surface area contributed by atoms with E-state index in [4.69, 9.17) is 25.2 Å². The molecule has 2 N–H and O–H groups in total. The van der Waals surface area contributed by atoms with Crippen molar-refractivity contribution < 1.29 is 14.3 Å². The molecule has 5 heterocycles. The van der Waals surface area contributed by atoms with Crippen molar-refractivity contribution in [3.8, 4) is 11.3 Å². The molecule has 0 aliphatic carbocycles. The fourth-order valence-corrected chi connectivity index (χ4v) is 5.06. The molecule has 0 unspecified atom stereocenters. The van der Waals surface area contributed by atoms with Gasteiger partial charge in [-0.25, -0.2) is 15.0 Å². The van der Waals surface area contributed by atoms with Crippen LogP contribution < -0.4 is 15.5 Å². The number of anilines is 4. The average molecular weight is 503 g/mol. The third-order valence-corrected chi connectivity index (χ3v) is 7.10. The Morgan fingerprint density at radius 3 is 2.38 bits per heavy atom. The van der Waals surface area contributed by atoms with Crippen LogP contribution in [0.2, 0.25) is 0 Å². The standard InChI is InChI=1S/C26H30N8O3/c1-17-2-3-18(24(35)32-6-10-36-11-7-32)14-21(17)34-5-4-20-22(19-15-28-25(27)29-16-19)30-26(31-23(20)34)33-8-12-37-13-9-33/h2-3,14-16H,4-13H2,1H3,(H2,27,28,29). The van der Waals surface area contributed by atoms with Crippen LogP contribution in [0.25, 0.3) is 11.3 Å². The van der Waals surface area contributed by atoms with Gasteiger partial charge in [0, 0.05) is 67.5 Å². The number of rotatable bonds is 4. The van der Waals surface area contributed by atoms with Crippen LogP contribution in [0, 0.1) is 6.92 Å². The molecule has 0 radical (unpaired) electrons. The van der Waals surface area contributed by atoms with E-state index in [-0.39, 0.29) is 11.9 Å². The lowest BCUT2D eigenvalue weighted by Crippen LogP contribution is -2.40. The minimum absolute atomic E-state index is 0.0281. The first-order valence-corrected chi connectivity index (χ1v) is 12.7. The van der Waals surface area contributed by atoms with E-state index in [0.717, 1.165) is 59.9 Å². The van der Waals surface area contributed by atoms with E-state index >= 15 is 0 Å².